The predicted octanol–water partition coefficient (Wildman–Crippen LogP) is 3.08. The van der Waals surface area contributed by atoms with E-state index >= 15 is 0 Å². The fraction of sp³-hybridized carbons (Fsp3) is 0.308. The van der Waals surface area contributed by atoms with Gasteiger partial charge >= 0.3 is 0 Å². The molecule has 18 heavy (non-hydrogen) atoms. The standard InChI is InChI=1S/C13H15ClN2O2/c1-17-10-4-5-12(11(14)9-10)18-8-2-3-13-15-6-7-16-13/h4-7,9H,2-3,8H2,1H3,(H,15,16). The molecule has 1 N–H and O–H groups in total. The van der Waals surface area contributed by atoms with Gasteiger partial charge in [-0.1, -0.05) is 11.6 Å². The molecule has 1 aromatic heterocycles. The number of hydrogen-bond donors (Lipinski definition) is 1. The molecule has 1 aromatic carbocycles. The van der Waals surface area contributed by atoms with Crippen molar-refractivity contribution in [2.75, 3.05) is 13.7 Å². The van der Waals surface area contributed by atoms with Crippen molar-refractivity contribution in [1.82, 2.24) is 9.97 Å². The van der Waals surface area contributed by atoms with E-state index in [0.29, 0.717) is 17.4 Å². The van der Waals surface area contributed by atoms with Crippen LogP contribution in [-0.2, 0) is 6.42 Å². The summed E-state index contributed by atoms with van der Waals surface area (Å²) < 4.78 is 10.7. The van der Waals surface area contributed by atoms with Gasteiger partial charge < -0.3 is 14.5 Å². The Morgan fingerprint density at radius 2 is 2.28 bits per heavy atom. The average molecular weight is 267 g/mol. The maximum atomic E-state index is 6.06. The van der Waals surface area contributed by atoms with Crippen LogP contribution in [0.1, 0.15) is 12.2 Å². The fourth-order valence-electron chi connectivity index (χ4n) is 1.58. The quantitative estimate of drug-likeness (QED) is 0.818. The van der Waals surface area contributed by atoms with Crippen molar-refractivity contribution in [1.29, 1.82) is 0 Å². The highest BCUT2D eigenvalue weighted by Crippen LogP contribution is 2.28. The minimum atomic E-state index is 0.562. The minimum absolute atomic E-state index is 0.562. The van der Waals surface area contributed by atoms with E-state index in [0.717, 1.165) is 24.4 Å². The Hall–Kier alpha value is -1.68. The summed E-state index contributed by atoms with van der Waals surface area (Å²) in [4.78, 5) is 7.20. The van der Waals surface area contributed by atoms with Crippen LogP contribution in [0.25, 0.3) is 0 Å². The molecule has 0 atom stereocenters. The molecule has 0 amide bonds. The lowest BCUT2D eigenvalue weighted by Crippen LogP contribution is -2.00. The first-order valence-corrected chi connectivity index (χ1v) is 6.12. The lowest BCUT2D eigenvalue weighted by atomic mass is 10.3. The van der Waals surface area contributed by atoms with Crippen LogP contribution in [0.3, 0.4) is 0 Å². The molecule has 2 aromatic rings. The molecule has 0 fully saturated rings. The molecule has 0 aliphatic heterocycles. The van der Waals surface area contributed by atoms with E-state index in [-0.39, 0.29) is 0 Å². The van der Waals surface area contributed by atoms with Gasteiger partial charge in [0.2, 0.25) is 0 Å². The SMILES string of the molecule is COc1ccc(OCCCc2ncc[nH]2)c(Cl)c1. The highest BCUT2D eigenvalue weighted by molar-refractivity contribution is 6.32. The predicted molar refractivity (Wildman–Crippen MR) is 70.4 cm³/mol. The third-order valence-electron chi connectivity index (χ3n) is 2.51. The molecular formula is C13H15ClN2O2. The molecule has 0 spiro atoms. The molecule has 0 saturated heterocycles. The molecule has 0 radical (unpaired) electrons. The summed E-state index contributed by atoms with van der Waals surface area (Å²) in [6.45, 7) is 0.604. The number of halogens is 1. The van der Waals surface area contributed by atoms with Crippen LogP contribution in [-0.4, -0.2) is 23.7 Å². The molecule has 1 heterocycles. The molecule has 4 nitrogen and oxygen atoms in total. The van der Waals surface area contributed by atoms with Gasteiger partial charge in [0.25, 0.3) is 0 Å². The van der Waals surface area contributed by atoms with Gasteiger partial charge in [-0.3, -0.25) is 0 Å². The highest BCUT2D eigenvalue weighted by Gasteiger charge is 2.03. The van der Waals surface area contributed by atoms with Crippen LogP contribution in [0.4, 0.5) is 0 Å². The van der Waals surface area contributed by atoms with E-state index in [4.69, 9.17) is 21.1 Å². The molecular weight excluding hydrogens is 252 g/mol. The highest BCUT2D eigenvalue weighted by atomic mass is 35.5. The number of aromatic nitrogens is 2. The second-order valence-electron chi connectivity index (χ2n) is 3.78. The van der Waals surface area contributed by atoms with Crippen LogP contribution in [0, 0.1) is 0 Å². The van der Waals surface area contributed by atoms with Crippen molar-refractivity contribution in [2.24, 2.45) is 0 Å². The fourth-order valence-corrected chi connectivity index (χ4v) is 1.81. The number of benzene rings is 1. The number of nitrogens with zero attached hydrogens (tertiary/aromatic N) is 1. The number of rotatable bonds is 6. The van der Waals surface area contributed by atoms with Gasteiger partial charge in [0.15, 0.2) is 0 Å². The van der Waals surface area contributed by atoms with Crippen molar-refractivity contribution in [3.8, 4) is 11.5 Å². The number of methoxy groups -OCH3 is 1. The molecule has 5 heteroatoms. The Kier molecular flexibility index (Phi) is 4.47. The number of ether oxygens (including phenoxy) is 2. The number of aromatic amines is 1. The van der Waals surface area contributed by atoms with E-state index in [1.54, 1.807) is 19.4 Å². The number of nitrogens with one attached hydrogen (secondary N) is 1. The van der Waals surface area contributed by atoms with Gasteiger partial charge in [0.1, 0.15) is 17.3 Å². The van der Waals surface area contributed by atoms with Crippen LogP contribution >= 0.6 is 11.6 Å². The van der Waals surface area contributed by atoms with E-state index in [9.17, 15) is 0 Å². The molecule has 96 valence electrons. The zero-order valence-corrected chi connectivity index (χ0v) is 10.9. The summed E-state index contributed by atoms with van der Waals surface area (Å²) in [7, 11) is 1.61. The van der Waals surface area contributed by atoms with E-state index in [1.165, 1.54) is 0 Å². The monoisotopic (exact) mass is 266 g/mol. The molecule has 0 unspecified atom stereocenters. The zero-order chi connectivity index (χ0) is 12.8. The van der Waals surface area contributed by atoms with Gasteiger partial charge in [0, 0.05) is 24.9 Å². The Bertz CT molecular complexity index is 486. The van der Waals surface area contributed by atoms with Crippen LogP contribution in [0.15, 0.2) is 30.6 Å². The van der Waals surface area contributed by atoms with Gasteiger partial charge in [-0.05, 0) is 18.6 Å². The number of aryl methyl sites for hydroxylation is 1. The molecule has 2 rings (SSSR count). The number of H-pyrrole nitrogens is 1. The number of imidazole rings is 1. The normalized spacial score (nSPS) is 10.3. The van der Waals surface area contributed by atoms with Crippen LogP contribution in [0.2, 0.25) is 5.02 Å². The first-order valence-electron chi connectivity index (χ1n) is 5.74. The zero-order valence-electron chi connectivity index (χ0n) is 10.1. The lowest BCUT2D eigenvalue weighted by Gasteiger charge is -2.08. The summed E-state index contributed by atoms with van der Waals surface area (Å²) in [6, 6.07) is 5.38. The van der Waals surface area contributed by atoms with Crippen LogP contribution in [0.5, 0.6) is 11.5 Å². The third-order valence-corrected chi connectivity index (χ3v) is 2.80. The minimum Gasteiger partial charge on any atom is -0.497 e. The second-order valence-corrected chi connectivity index (χ2v) is 4.19. The summed E-state index contributed by atoms with van der Waals surface area (Å²) in [5, 5.41) is 0.562. The Labute approximate surface area is 111 Å². The van der Waals surface area contributed by atoms with Crippen molar-refractivity contribution < 1.29 is 9.47 Å². The molecule has 0 aliphatic carbocycles. The van der Waals surface area contributed by atoms with E-state index < -0.39 is 0 Å². The smallest absolute Gasteiger partial charge is 0.138 e. The summed E-state index contributed by atoms with van der Waals surface area (Å²) in [5.41, 5.74) is 0. The van der Waals surface area contributed by atoms with Crippen molar-refractivity contribution in [2.45, 2.75) is 12.8 Å². The molecule has 0 saturated carbocycles. The van der Waals surface area contributed by atoms with E-state index in [1.807, 2.05) is 18.3 Å². The summed E-state index contributed by atoms with van der Waals surface area (Å²) in [6.07, 6.45) is 5.31. The second kappa shape index (κ2) is 6.31. The first kappa shape index (κ1) is 12.8. The molecule has 0 aliphatic rings. The van der Waals surface area contributed by atoms with Gasteiger partial charge in [-0.25, -0.2) is 4.98 Å². The largest absolute Gasteiger partial charge is 0.497 e. The Morgan fingerprint density at radius 3 is 2.94 bits per heavy atom. The molecule has 0 bridgehead atoms. The van der Waals surface area contributed by atoms with Gasteiger partial charge in [0.05, 0.1) is 18.7 Å². The van der Waals surface area contributed by atoms with Crippen molar-refractivity contribution in [3.05, 3.63) is 41.4 Å². The van der Waals surface area contributed by atoms with Gasteiger partial charge in [-0.2, -0.15) is 0 Å². The topological polar surface area (TPSA) is 47.1 Å². The Balaban J connectivity index is 1.79. The first-order chi connectivity index (χ1) is 8.79. The van der Waals surface area contributed by atoms with Crippen molar-refractivity contribution in [3.63, 3.8) is 0 Å². The lowest BCUT2D eigenvalue weighted by molar-refractivity contribution is 0.309. The van der Waals surface area contributed by atoms with E-state index in [2.05, 4.69) is 9.97 Å². The Morgan fingerprint density at radius 1 is 1.39 bits per heavy atom. The van der Waals surface area contributed by atoms with Crippen LogP contribution < -0.4 is 9.47 Å². The average Bonchev–Trinajstić information content (AvgIpc) is 2.89. The maximum Gasteiger partial charge on any atom is 0.138 e. The number of hydrogen-bond acceptors (Lipinski definition) is 3. The summed E-state index contributed by atoms with van der Waals surface area (Å²) in [5.74, 6) is 2.37. The maximum absolute atomic E-state index is 6.06. The van der Waals surface area contributed by atoms with Gasteiger partial charge in [-0.15, -0.1) is 0 Å². The third kappa shape index (κ3) is 3.40. The summed E-state index contributed by atoms with van der Waals surface area (Å²) >= 11 is 6.06. The van der Waals surface area contributed by atoms with Crippen molar-refractivity contribution >= 4 is 11.6 Å².